The third kappa shape index (κ3) is 4.30. The van der Waals surface area contributed by atoms with Gasteiger partial charge in [0, 0.05) is 19.5 Å². The minimum Gasteiger partial charge on any atom is -0.493 e. The van der Waals surface area contributed by atoms with Gasteiger partial charge in [-0.05, 0) is 54.6 Å². The summed E-state index contributed by atoms with van der Waals surface area (Å²) >= 11 is 0. The van der Waals surface area contributed by atoms with Crippen molar-refractivity contribution in [3.63, 3.8) is 0 Å². The Hall–Kier alpha value is -2.53. The van der Waals surface area contributed by atoms with Crippen LogP contribution in [0.4, 0.5) is 0 Å². The fraction of sp³-hybridized carbons (Fsp3) is 0.435. The average Bonchev–Trinajstić information content (AvgIpc) is 3.09. The van der Waals surface area contributed by atoms with E-state index in [0.717, 1.165) is 56.1 Å². The van der Waals surface area contributed by atoms with Gasteiger partial charge in [-0.15, -0.1) is 0 Å². The SMILES string of the molecule is COc1ccc(CN2CCC3(CC2)CNC(=O)C3)cc1OCc1ccccc1. The van der Waals surface area contributed by atoms with Crippen molar-refractivity contribution >= 4 is 5.91 Å². The van der Waals surface area contributed by atoms with Gasteiger partial charge >= 0.3 is 0 Å². The van der Waals surface area contributed by atoms with Crippen LogP contribution in [0.5, 0.6) is 11.5 Å². The molecule has 148 valence electrons. The van der Waals surface area contributed by atoms with Gasteiger partial charge in [-0.2, -0.15) is 0 Å². The number of nitrogens with one attached hydrogen (secondary N) is 1. The third-order valence-corrected chi connectivity index (χ3v) is 5.98. The van der Waals surface area contributed by atoms with E-state index in [2.05, 4.69) is 34.5 Å². The van der Waals surface area contributed by atoms with Gasteiger partial charge in [-0.25, -0.2) is 0 Å². The molecule has 0 saturated carbocycles. The van der Waals surface area contributed by atoms with Crippen LogP contribution >= 0.6 is 0 Å². The Labute approximate surface area is 166 Å². The molecule has 2 aromatic rings. The molecule has 4 rings (SSSR count). The number of likely N-dealkylation sites (tertiary alicyclic amines) is 1. The molecule has 0 bridgehead atoms. The molecule has 5 nitrogen and oxygen atoms in total. The van der Waals surface area contributed by atoms with E-state index in [1.807, 2.05) is 24.3 Å². The van der Waals surface area contributed by atoms with E-state index in [-0.39, 0.29) is 11.3 Å². The molecule has 2 saturated heterocycles. The smallest absolute Gasteiger partial charge is 0.220 e. The number of carbonyl (C=O) groups is 1. The normalized spacial score (nSPS) is 18.8. The van der Waals surface area contributed by atoms with E-state index in [1.54, 1.807) is 7.11 Å². The second kappa shape index (κ2) is 8.23. The number of carbonyl (C=O) groups excluding carboxylic acids is 1. The van der Waals surface area contributed by atoms with Crippen LogP contribution in [0.2, 0.25) is 0 Å². The molecule has 1 amide bonds. The predicted octanol–water partition coefficient (Wildman–Crippen LogP) is 3.38. The molecule has 1 spiro atoms. The van der Waals surface area contributed by atoms with E-state index in [1.165, 1.54) is 5.56 Å². The Balaban J connectivity index is 1.38. The van der Waals surface area contributed by atoms with Crippen LogP contribution in [-0.4, -0.2) is 37.6 Å². The van der Waals surface area contributed by atoms with Crippen molar-refractivity contribution in [3.8, 4) is 11.5 Å². The van der Waals surface area contributed by atoms with Crippen molar-refractivity contribution in [1.29, 1.82) is 0 Å². The average molecular weight is 380 g/mol. The van der Waals surface area contributed by atoms with Crippen LogP contribution in [0.1, 0.15) is 30.4 Å². The van der Waals surface area contributed by atoms with Crippen molar-refractivity contribution in [1.82, 2.24) is 10.2 Å². The molecule has 2 fully saturated rings. The highest BCUT2D eigenvalue weighted by Crippen LogP contribution is 2.38. The summed E-state index contributed by atoms with van der Waals surface area (Å²) < 4.78 is 11.5. The molecule has 2 aliphatic rings. The van der Waals surface area contributed by atoms with Gasteiger partial charge in [0.1, 0.15) is 6.61 Å². The van der Waals surface area contributed by atoms with Gasteiger partial charge in [-0.3, -0.25) is 9.69 Å². The van der Waals surface area contributed by atoms with Crippen molar-refractivity contribution in [3.05, 3.63) is 59.7 Å². The van der Waals surface area contributed by atoms with Crippen LogP contribution in [-0.2, 0) is 17.9 Å². The maximum atomic E-state index is 11.6. The minimum absolute atomic E-state index is 0.192. The Kier molecular flexibility index (Phi) is 5.53. The number of amides is 1. The molecule has 28 heavy (non-hydrogen) atoms. The van der Waals surface area contributed by atoms with E-state index < -0.39 is 0 Å². The number of benzene rings is 2. The molecule has 2 aromatic carbocycles. The summed E-state index contributed by atoms with van der Waals surface area (Å²) in [6, 6.07) is 16.3. The fourth-order valence-electron chi connectivity index (χ4n) is 4.22. The van der Waals surface area contributed by atoms with Gasteiger partial charge in [0.25, 0.3) is 0 Å². The monoisotopic (exact) mass is 380 g/mol. The molecule has 0 unspecified atom stereocenters. The maximum absolute atomic E-state index is 11.6. The lowest BCUT2D eigenvalue weighted by atomic mass is 9.77. The summed E-state index contributed by atoms with van der Waals surface area (Å²) in [7, 11) is 1.67. The molecule has 2 aliphatic heterocycles. The Morgan fingerprint density at radius 3 is 2.50 bits per heavy atom. The molecule has 5 heteroatoms. The zero-order chi connectivity index (χ0) is 19.4. The molecule has 0 atom stereocenters. The van der Waals surface area contributed by atoms with E-state index in [4.69, 9.17) is 9.47 Å². The Morgan fingerprint density at radius 1 is 1.04 bits per heavy atom. The third-order valence-electron chi connectivity index (χ3n) is 5.98. The highest BCUT2D eigenvalue weighted by Gasteiger charge is 2.40. The van der Waals surface area contributed by atoms with Crippen molar-refractivity contribution in [2.24, 2.45) is 5.41 Å². The van der Waals surface area contributed by atoms with Crippen LogP contribution in [0.25, 0.3) is 0 Å². The number of hydrogen-bond donors (Lipinski definition) is 1. The second-order valence-electron chi connectivity index (χ2n) is 7.99. The van der Waals surface area contributed by atoms with Crippen LogP contribution < -0.4 is 14.8 Å². The fourth-order valence-corrected chi connectivity index (χ4v) is 4.22. The summed E-state index contributed by atoms with van der Waals surface area (Å²) in [6.45, 7) is 4.32. The highest BCUT2D eigenvalue weighted by atomic mass is 16.5. The number of piperidine rings is 1. The first-order valence-corrected chi connectivity index (χ1v) is 9.99. The van der Waals surface area contributed by atoms with Gasteiger partial charge in [0.05, 0.1) is 7.11 Å². The van der Waals surface area contributed by atoms with Gasteiger partial charge in [-0.1, -0.05) is 36.4 Å². The van der Waals surface area contributed by atoms with Gasteiger partial charge in [0.2, 0.25) is 5.91 Å². The second-order valence-corrected chi connectivity index (χ2v) is 7.99. The highest BCUT2D eigenvalue weighted by molar-refractivity contribution is 5.79. The lowest BCUT2D eigenvalue weighted by Gasteiger charge is -2.38. The molecule has 0 aromatic heterocycles. The number of nitrogens with zero attached hydrogens (tertiary/aromatic N) is 1. The summed E-state index contributed by atoms with van der Waals surface area (Å²) in [5.41, 5.74) is 2.55. The lowest BCUT2D eigenvalue weighted by molar-refractivity contribution is -0.119. The first-order valence-electron chi connectivity index (χ1n) is 9.99. The van der Waals surface area contributed by atoms with E-state index in [0.29, 0.717) is 13.0 Å². The molecule has 1 N–H and O–H groups in total. The Morgan fingerprint density at radius 2 is 1.82 bits per heavy atom. The van der Waals surface area contributed by atoms with Crippen LogP contribution in [0.15, 0.2) is 48.5 Å². The molecule has 0 aliphatic carbocycles. The van der Waals surface area contributed by atoms with Crippen molar-refractivity contribution in [2.75, 3.05) is 26.7 Å². The number of rotatable bonds is 6. The summed E-state index contributed by atoms with van der Waals surface area (Å²) in [5.74, 6) is 1.75. The summed E-state index contributed by atoms with van der Waals surface area (Å²) in [5, 5.41) is 3.00. The Bertz CT molecular complexity index is 814. The van der Waals surface area contributed by atoms with Gasteiger partial charge in [0.15, 0.2) is 11.5 Å². The summed E-state index contributed by atoms with van der Waals surface area (Å²) in [4.78, 5) is 14.1. The first kappa shape index (κ1) is 18.8. The van der Waals surface area contributed by atoms with E-state index in [9.17, 15) is 4.79 Å². The predicted molar refractivity (Wildman–Crippen MR) is 108 cm³/mol. The maximum Gasteiger partial charge on any atom is 0.220 e. The topological polar surface area (TPSA) is 50.8 Å². The number of ether oxygens (including phenoxy) is 2. The summed E-state index contributed by atoms with van der Waals surface area (Å²) in [6.07, 6.45) is 2.86. The first-order chi connectivity index (χ1) is 13.7. The minimum atomic E-state index is 0.192. The zero-order valence-electron chi connectivity index (χ0n) is 16.4. The molecule has 0 radical (unpaired) electrons. The van der Waals surface area contributed by atoms with Crippen molar-refractivity contribution in [2.45, 2.75) is 32.4 Å². The molecule has 2 heterocycles. The van der Waals surface area contributed by atoms with Crippen LogP contribution in [0, 0.1) is 5.41 Å². The van der Waals surface area contributed by atoms with Crippen LogP contribution in [0.3, 0.4) is 0 Å². The number of methoxy groups -OCH3 is 1. The molecular formula is C23H28N2O3. The number of hydrogen-bond acceptors (Lipinski definition) is 4. The van der Waals surface area contributed by atoms with Gasteiger partial charge < -0.3 is 14.8 Å². The lowest BCUT2D eigenvalue weighted by Crippen LogP contribution is -2.40. The molecular weight excluding hydrogens is 352 g/mol. The standard InChI is InChI=1S/C23H28N2O3/c1-27-20-8-7-19(13-21(20)28-16-18-5-3-2-4-6-18)15-25-11-9-23(10-12-25)14-22(26)24-17-23/h2-8,13H,9-12,14-17H2,1H3,(H,24,26). The zero-order valence-corrected chi connectivity index (χ0v) is 16.4. The van der Waals surface area contributed by atoms with E-state index >= 15 is 0 Å². The quantitative estimate of drug-likeness (QED) is 0.835. The largest absolute Gasteiger partial charge is 0.493 e. The van der Waals surface area contributed by atoms with Crippen molar-refractivity contribution < 1.29 is 14.3 Å².